The van der Waals surface area contributed by atoms with E-state index in [1.165, 1.54) is 16.3 Å². The van der Waals surface area contributed by atoms with E-state index in [9.17, 15) is 4.11 Å². The summed E-state index contributed by atoms with van der Waals surface area (Å²) in [4.78, 5) is 2.06. The van der Waals surface area contributed by atoms with Gasteiger partial charge in [-0.05, 0) is 108 Å². The monoisotopic (exact) mass is 754 g/mol. The Morgan fingerprint density at radius 2 is 0.695 bits per heavy atom. The number of hydrogen-bond acceptors (Lipinski definition) is 1. The molecular weight excluding hydrogens is 711 g/mol. The van der Waals surface area contributed by atoms with Gasteiger partial charge in [0.25, 0.3) is 0 Å². The summed E-state index contributed by atoms with van der Waals surface area (Å²) in [6.45, 7) is 0. The van der Waals surface area contributed by atoms with Gasteiger partial charge in [-0.1, -0.05) is 212 Å². The fourth-order valence-corrected chi connectivity index (χ4v) is 8.04. The molecule has 0 atom stereocenters. The molecule has 59 heavy (non-hydrogen) atoms. The fraction of sp³-hybridized carbons (Fsp3) is 0. The summed E-state index contributed by atoms with van der Waals surface area (Å²) < 4.78 is 29.2. The first kappa shape index (κ1) is 32.4. The van der Waals surface area contributed by atoms with Gasteiger partial charge in [0.15, 0.2) is 0 Å². The minimum Gasteiger partial charge on any atom is -0.310 e. The number of fused-ring (bicyclic) bond motifs is 1. The molecule has 10 aromatic carbocycles. The summed E-state index contributed by atoms with van der Waals surface area (Å²) in [7, 11) is 0. The summed E-state index contributed by atoms with van der Waals surface area (Å²) in [5, 5.41) is 2.33. The lowest BCUT2D eigenvalue weighted by molar-refractivity contribution is 1.28. The molecule has 0 saturated carbocycles. The Morgan fingerprint density at radius 1 is 0.288 bits per heavy atom. The van der Waals surface area contributed by atoms with E-state index in [4.69, 9.17) is 0 Å². The predicted molar refractivity (Wildman–Crippen MR) is 251 cm³/mol. The zero-order valence-corrected chi connectivity index (χ0v) is 32.4. The highest BCUT2D eigenvalue weighted by atomic mass is 15.1. The third-order valence-electron chi connectivity index (χ3n) is 11.0. The van der Waals surface area contributed by atoms with Crippen LogP contribution >= 0.6 is 0 Å². The lowest BCUT2D eigenvalue weighted by Crippen LogP contribution is -2.11. The van der Waals surface area contributed by atoms with Crippen molar-refractivity contribution in [2.75, 3.05) is 4.90 Å². The van der Waals surface area contributed by atoms with Crippen LogP contribution in [-0.4, -0.2) is 0 Å². The minimum absolute atomic E-state index is 0.0101. The van der Waals surface area contributed by atoms with E-state index in [-0.39, 0.29) is 18.1 Å². The van der Waals surface area contributed by atoms with Gasteiger partial charge in [0.05, 0.1) is 9.80 Å². The molecule has 10 rings (SSSR count). The van der Waals surface area contributed by atoms with Crippen LogP contribution in [0, 0.1) is 0 Å². The molecule has 0 N–H and O–H groups in total. The van der Waals surface area contributed by atoms with Crippen LogP contribution in [0.1, 0.15) is 4.11 Å². The number of rotatable bonds is 9. The molecule has 0 bridgehead atoms. The molecule has 1 heteroatoms. The van der Waals surface area contributed by atoms with Crippen LogP contribution < -0.4 is 4.90 Å². The molecular formula is C58H41N. The van der Waals surface area contributed by atoms with Gasteiger partial charge in [-0.2, -0.15) is 0 Å². The standard InChI is InChI=1S/C58H41N/c1-5-15-42(16-6-1)44-25-27-45(28-26-44)46-29-35-52(36-30-46)59(57-40-34-51(43-17-7-2-8-18-43)41-56(57)48-21-11-4-12-22-48)53-37-31-50(32-38-53)58-54-24-14-13-23-49(54)33-39-55(58)47-19-9-3-10-20-47/h1-41H/i34D,40D,41D. The Balaban J connectivity index is 1.16. The zero-order chi connectivity index (χ0) is 42.0. The Hall–Kier alpha value is -7.74. The largest absolute Gasteiger partial charge is 0.310 e. The van der Waals surface area contributed by atoms with Gasteiger partial charge in [-0.15, -0.1) is 0 Å². The van der Waals surface area contributed by atoms with Crippen molar-refractivity contribution in [2.45, 2.75) is 0 Å². The van der Waals surface area contributed by atoms with Crippen LogP contribution in [0.3, 0.4) is 0 Å². The van der Waals surface area contributed by atoms with Crippen LogP contribution in [0.5, 0.6) is 0 Å². The normalized spacial score (nSPS) is 11.8. The van der Waals surface area contributed by atoms with Crippen molar-refractivity contribution >= 4 is 27.8 Å². The van der Waals surface area contributed by atoms with Gasteiger partial charge in [-0.25, -0.2) is 0 Å². The summed E-state index contributed by atoms with van der Waals surface area (Å²) in [6, 6.07) is 79.1. The maximum atomic E-state index is 9.85. The Kier molecular flexibility index (Phi) is 8.78. The molecule has 0 aliphatic rings. The van der Waals surface area contributed by atoms with Gasteiger partial charge in [0.1, 0.15) is 0 Å². The molecule has 0 fully saturated rings. The molecule has 0 spiro atoms. The molecule has 0 aliphatic heterocycles. The highest BCUT2D eigenvalue weighted by Crippen LogP contribution is 2.45. The van der Waals surface area contributed by atoms with Crippen molar-refractivity contribution in [1.29, 1.82) is 0 Å². The molecule has 0 radical (unpaired) electrons. The van der Waals surface area contributed by atoms with E-state index in [2.05, 4.69) is 163 Å². The van der Waals surface area contributed by atoms with Gasteiger partial charge in [0.2, 0.25) is 0 Å². The van der Waals surface area contributed by atoms with Crippen molar-refractivity contribution in [3.63, 3.8) is 0 Å². The van der Waals surface area contributed by atoms with E-state index in [0.29, 0.717) is 16.8 Å². The van der Waals surface area contributed by atoms with Crippen LogP contribution in [-0.2, 0) is 0 Å². The number of hydrogen-bond donors (Lipinski definition) is 0. The topological polar surface area (TPSA) is 3.24 Å². The second kappa shape index (κ2) is 16.0. The molecule has 10 aromatic rings. The number of anilines is 3. The number of nitrogens with zero attached hydrogens (tertiary/aromatic N) is 1. The van der Waals surface area contributed by atoms with Crippen LogP contribution in [0.4, 0.5) is 17.1 Å². The Morgan fingerprint density at radius 3 is 1.24 bits per heavy atom. The van der Waals surface area contributed by atoms with Gasteiger partial charge >= 0.3 is 0 Å². The Bertz CT molecular complexity index is 3150. The van der Waals surface area contributed by atoms with Crippen molar-refractivity contribution < 1.29 is 4.11 Å². The average molecular weight is 755 g/mol. The van der Waals surface area contributed by atoms with E-state index >= 15 is 0 Å². The first-order chi connectivity index (χ1) is 30.5. The second-order valence-corrected chi connectivity index (χ2v) is 14.7. The molecule has 278 valence electrons. The average Bonchev–Trinajstić information content (AvgIpc) is 3.34. The molecule has 0 aliphatic carbocycles. The third kappa shape index (κ3) is 7.23. The van der Waals surface area contributed by atoms with Crippen molar-refractivity contribution in [2.24, 2.45) is 0 Å². The zero-order valence-electron chi connectivity index (χ0n) is 35.4. The number of benzene rings is 10. The molecule has 0 heterocycles. The highest BCUT2D eigenvalue weighted by molar-refractivity contribution is 6.04. The summed E-state index contributed by atoms with van der Waals surface area (Å²) >= 11 is 0. The van der Waals surface area contributed by atoms with E-state index in [0.717, 1.165) is 61.4 Å². The maximum Gasteiger partial charge on any atom is 0.0645 e. The van der Waals surface area contributed by atoms with E-state index < -0.39 is 0 Å². The predicted octanol–water partition coefficient (Wildman–Crippen LogP) is 16.3. The lowest BCUT2D eigenvalue weighted by Gasteiger charge is -2.29. The quantitative estimate of drug-likeness (QED) is 0.142. The van der Waals surface area contributed by atoms with Crippen LogP contribution in [0.2, 0.25) is 0 Å². The van der Waals surface area contributed by atoms with Crippen molar-refractivity contribution in [3.8, 4) is 66.8 Å². The molecule has 0 amide bonds. The highest BCUT2D eigenvalue weighted by Gasteiger charge is 2.20. The van der Waals surface area contributed by atoms with Crippen LogP contribution in [0.15, 0.2) is 249 Å². The summed E-state index contributed by atoms with van der Waals surface area (Å²) in [6.07, 6.45) is 0. The Labute approximate surface area is 351 Å². The van der Waals surface area contributed by atoms with Gasteiger partial charge < -0.3 is 4.90 Å². The summed E-state index contributed by atoms with van der Waals surface area (Å²) in [5.74, 6) is 0. The van der Waals surface area contributed by atoms with Crippen molar-refractivity contribution in [1.82, 2.24) is 0 Å². The first-order valence-corrected chi connectivity index (χ1v) is 20.0. The molecule has 1 nitrogen and oxygen atoms in total. The molecule has 0 saturated heterocycles. The smallest absolute Gasteiger partial charge is 0.0645 e. The second-order valence-electron chi connectivity index (χ2n) is 14.7. The van der Waals surface area contributed by atoms with Crippen LogP contribution in [0.25, 0.3) is 77.5 Å². The van der Waals surface area contributed by atoms with E-state index in [1.54, 1.807) is 0 Å². The third-order valence-corrected chi connectivity index (χ3v) is 11.0. The first-order valence-electron chi connectivity index (χ1n) is 21.5. The minimum atomic E-state index is 0.0101. The van der Waals surface area contributed by atoms with E-state index in [1.807, 2.05) is 72.8 Å². The van der Waals surface area contributed by atoms with Gasteiger partial charge in [0, 0.05) is 16.9 Å². The van der Waals surface area contributed by atoms with Gasteiger partial charge in [-0.3, -0.25) is 0 Å². The maximum absolute atomic E-state index is 9.85. The summed E-state index contributed by atoms with van der Waals surface area (Å²) in [5.41, 5.74) is 13.7. The lowest BCUT2D eigenvalue weighted by atomic mass is 9.89. The SMILES string of the molecule is [2H]c1c([2H])c(N(c2ccc(-c3ccc(-c4ccccc4)cc3)cc2)c2ccc(-c3c(-c4ccccc4)ccc4ccccc34)cc2)c(-c2ccccc2)c([2H])c1-c1ccccc1. The molecule has 0 unspecified atom stereocenters. The van der Waals surface area contributed by atoms with Crippen molar-refractivity contribution in [3.05, 3.63) is 249 Å². The fourth-order valence-electron chi connectivity index (χ4n) is 8.04. The molecule has 0 aromatic heterocycles.